The van der Waals surface area contributed by atoms with Crippen molar-refractivity contribution in [1.82, 2.24) is 0 Å². The molecule has 0 atom stereocenters. The second-order valence-electron chi connectivity index (χ2n) is 5.42. The van der Waals surface area contributed by atoms with E-state index in [1.54, 1.807) is 22.7 Å². The normalized spacial score (nSPS) is 26.9. The number of hydrogen-bond donors (Lipinski definition) is 0. The fraction of sp³-hybridized carbons (Fsp3) is 0.467. The van der Waals surface area contributed by atoms with Gasteiger partial charge in [0.25, 0.3) is 0 Å². The maximum absolute atomic E-state index is 5.91. The van der Waals surface area contributed by atoms with E-state index in [2.05, 4.69) is 54.0 Å². The van der Waals surface area contributed by atoms with Crippen molar-refractivity contribution in [2.24, 2.45) is 5.41 Å². The van der Waals surface area contributed by atoms with E-state index in [1.165, 1.54) is 9.75 Å². The SMILES string of the molecule is CCC1(C)COC(c2ccc(-c3ccc(Br)s3)s2)OC1. The highest BCUT2D eigenvalue weighted by Gasteiger charge is 2.32. The van der Waals surface area contributed by atoms with Crippen molar-refractivity contribution in [1.29, 1.82) is 0 Å². The van der Waals surface area contributed by atoms with E-state index in [0.717, 1.165) is 28.3 Å². The average Bonchev–Trinajstić information content (AvgIpc) is 3.08. The van der Waals surface area contributed by atoms with E-state index in [1.807, 2.05) is 0 Å². The van der Waals surface area contributed by atoms with Gasteiger partial charge in [-0.3, -0.25) is 0 Å². The molecule has 2 aromatic rings. The molecule has 0 unspecified atom stereocenters. The highest BCUT2D eigenvalue weighted by molar-refractivity contribution is 9.11. The molecule has 0 amide bonds. The van der Waals surface area contributed by atoms with Crippen molar-refractivity contribution in [3.05, 3.63) is 32.9 Å². The standard InChI is InChI=1S/C15H17BrO2S2/c1-3-15(2)8-17-14(18-9-15)12-5-4-10(19-12)11-6-7-13(16)20-11/h4-7,14H,3,8-9H2,1-2H3. The zero-order valence-corrected chi connectivity index (χ0v) is 14.7. The highest BCUT2D eigenvalue weighted by atomic mass is 79.9. The Morgan fingerprint density at radius 1 is 1.15 bits per heavy atom. The largest absolute Gasteiger partial charge is 0.347 e. The van der Waals surface area contributed by atoms with Crippen LogP contribution in [-0.4, -0.2) is 13.2 Å². The maximum atomic E-state index is 5.91. The molecule has 1 saturated heterocycles. The van der Waals surface area contributed by atoms with Gasteiger partial charge in [-0.05, 0) is 46.6 Å². The minimum atomic E-state index is -0.197. The molecule has 3 rings (SSSR count). The van der Waals surface area contributed by atoms with Crippen LogP contribution in [-0.2, 0) is 9.47 Å². The lowest BCUT2D eigenvalue weighted by molar-refractivity contribution is -0.229. The number of thiophene rings is 2. The summed E-state index contributed by atoms with van der Waals surface area (Å²) in [5.74, 6) is 0. The Kier molecular flexibility index (Phi) is 4.34. The Morgan fingerprint density at radius 2 is 1.80 bits per heavy atom. The number of rotatable bonds is 3. The van der Waals surface area contributed by atoms with Crippen LogP contribution >= 0.6 is 38.6 Å². The smallest absolute Gasteiger partial charge is 0.193 e. The second kappa shape index (κ2) is 5.89. The quantitative estimate of drug-likeness (QED) is 0.687. The van der Waals surface area contributed by atoms with Crippen molar-refractivity contribution < 1.29 is 9.47 Å². The lowest BCUT2D eigenvalue weighted by Crippen LogP contribution is -2.35. The van der Waals surface area contributed by atoms with Gasteiger partial charge in [-0.2, -0.15) is 0 Å². The summed E-state index contributed by atoms with van der Waals surface area (Å²) in [4.78, 5) is 3.71. The summed E-state index contributed by atoms with van der Waals surface area (Å²) in [6, 6.07) is 8.49. The van der Waals surface area contributed by atoms with Gasteiger partial charge in [-0.25, -0.2) is 0 Å². The van der Waals surface area contributed by atoms with Crippen LogP contribution in [0.1, 0.15) is 31.4 Å². The number of halogens is 1. The first-order chi connectivity index (χ1) is 9.59. The molecule has 0 bridgehead atoms. The summed E-state index contributed by atoms with van der Waals surface area (Å²) in [6.45, 7) is 5.94. The van der Waals surface area contributed by atoms with Crippen molar-refractivity contribution in [3.63, 3.8) is 0 Å². The Hall–Kier alpha value is -0.200. The Balaban J connectivity index is 1.72. The van der Waals surface area contributed by atoms with Crippen LogP contribution in [0.15, 0.2) is 28.1 Å². The molecule has 0 radical (unpaired) electrons. The monoisotopic (exact) mass is 372 g/mol. The van der Waals surface area contributed by atoms with Gasteiger partial charge in [0.15, 0.2) is 6.29 Å². The minimum Gasteiger partial charge on any atom is -0.347 e. The Morgan fingerprint density at radius 3 is 2.40 bits per heavy atom. The van der Waals surface area contributed by atoms with E-state index in [4.69, 9.17) is 9.47 Å². The highest BCUT2D eigenvalue weighted by Crippen LogP contribution is 2.40. The van der Waals surface area contributed by atoms with Crippen LogP contribution in [0.2, 0.25) is 0 Å². The molecule has 0 spiro atoms. The van der Waals surface area contributed by atoms with Gasteiger partial charge in [0.2, 0.25) is 0 Å². The fourth-order valence-electron chi connectivity index (χ4n) is 2.07. The Bertz CT molecular complexity index is 582. The predicted molar refractivity (Wildman–Crippen MR) is 88.4 cm³/mol. The molecule has 0 N–H and O–H groups in total. The molecule has 3 heterocycles. The minimum absolute atomic E-state index is 0.162. The molecule has 2 aromatic heterocycles. The predicted octanol–water partition coefficient (Wildman–Crippen LogP) is 5.70. The summed E-state index contributed by atoms with van der Waals surface area (Å²) in [5.41, 5.74) is 0.162. The zero-order chi connectivity index (χ0) is 14.2. The summed E-state index contributed by atoms with van der Waals surface area (Å²) >= 11 is 7.01. The topological polar surface area (TPSA) is 18.5 Å². The van der Waals surface area contributed by atoms with Gasteiger partial charge in [-0.1, -0.05) is 13.8 Å². The van der Waals surface area contributed by atoms with Crippen molar-refractivity contribution in [3.8, 4) is 9.75 Å². The molecule has 1 aliphatic heterocycles. The van der Waals surface area contributed by atoms with Gasteiger partial charge in [0.05, 0.1) is 21.9 Å². The van der Waals surface area contributed by atoms with Crippen LogP contribution in [0.5, 0.6) is 0 Å². The molecule has 0 aliphatic carbocycles. The van der Waals surface area contributed by atoms with E-state index in [0.29, 0.717) is 0 Å². The van der Waals surface area contributed by atoms with Crippen molar-refractivity contribution in [2.45, 2.75) is 26.6 Å². The van der Waals surface area contributed by atoms with Crippen LogP contribution < -0.4 is 0 Å². The van der Waals surface area contributed by atoms with Crippen molar-refractivity contribution in [2.75, 3.05) is 13.2 Å². The first-order valence-corrected chi connectivity index (χ1v) is 9.11. The molecule has 5 heteroatoms. The summed E-state index contributed by atoms with van der Waals surface area (Å²) < 4.78 is 13.0. The van der Waals surface area contributed by atoms with Gasteiger partial charge < -0.3 is 9.47 Å². The number of hydrogen-bond acceptors (Lipinski definition) is 4. The van der Waals surface area contributed by atoms with Crippen LogP contribution in [0.25, 0.3) is 9.75 Å². The molecule has 1 aliphatic rings. The first kappa shape index (κ1) is 14.7. The van der Waals surface area contributed by atoms with Gasteiger partial charge >= 0.3 is 0 Å². The molecular weight excluding hydrogens is 356 g/mol. The lowest BCUT2D eigenvalue weighted by atomic mass is 9.89. The summed E-state index contributed by atoms with van der Waals surface area (Å²) in [5, 5.41) is 0. The summed E-state index contributed by atoms with van der Waals surface area (Å²) in [6.07, 6.45) is 0.885. The van der Waals surface area contributed by atoms with E-state index < -0.39 is 0 Å². The van der Waals surface area contributed by atoms with Gasteiger partial charge in [0, 0.05) is 15.2 Å². The van der Waals surface area contributed by atoms with Crippen LogP contribution in [0.3, 0.4) is 0 Å². The second-order valence-corrected chi connectivity index (χ2v) is 9.00. The third kappa shape index (κ3) is 3.02. The molecular formula is C15H17BrO2S2. The first-order valence-electron chi connectivity index (χ1n) is 6.68. The van der Waals surface area contributed by atoms with E-state index >= 15 is 0 Å². The van der Waals surface area contributed by atoms with Gasteiger partial charge in [-0.15, -0.1) is 22.7 Å². The maximum Gasteiger partial charge on any atom is 0.193 e. The lowest BCUT2D eigenvalue weighted by Gasteiger charge is -2.36. The van der Waals surface area contributed by atoms with E-state index in [-0.39, 0.29) is 11.7 Å². The zero-order valence-electron chi connectivity index (χ0n) is 11.5. The van der Waals surface area contributed by atoms with Gasteiger partial charge in [0.1, 0.15) is 0 Å². The molecule has 108 valence electrons. The molecule has 0 saturated carbocycles. The fourth-order valence-corrected chi connectivity index (χ4v) is 4.55. The molecule has 2 nitrogen and oxygen atoms in total. The van der Waals surface area contributed by atoms with Crippen LogP contribution in [0.4, 0.5) is 0 Å². The van der Waals surface area contributed by atoms with Crippen LogP contribution in [0, 0.1) is 5.41 Å². The van der Waals surface area contributed by atoms with E-state index in [9.17, 15) is 0 Å². The average molecular weight is 373 g/mol. The molecule has 20 heavy (non-hydrogen) atoms. The summed E-state index contributed by atoms with van der Waals surface area (Å²) in [7, 11) is 0. The third-order valence-corrected chi connectivity index (χ3v) is 6.62. The Labute approximate surface area is 135 Å². The molecule has 0 aromatic carbocycles. The number of ether oxygens (including phenoxy) is 2. The third-order valence-electron chi connectivity index (χ3n) is 3.70. The van der Waals surface area contributed by atoms with Crippen molar-refractivity contribution >= 4 is 38.6 Å². The molecule has 1 fully saturated rings.